The molecule has 0 saturated carbocycles. The first-order chi connectivity index (χ1) is 7.17. The van der Waals surface area contributed by atoms with E-state index in [1.807, 2.05) is 11.8 Å². The third-order valence-corrected chi connectivity index (χ3v) is 4.20. The molecule has 0 aliphatic rings. The smallest absolute Gasteiger partial charge is 0.0178 e. The van der Waals surface area contributed by atoms with E-state index in [2.05, 4.69) is 39.0 Å². The second-order valence-corrected chi connectivity index (χ2v) is 5.19. The molecule has 0 radical (unpaired) electrons. The number of aryl methyl sites for hydroxylation is 1. The molecule has 0 spiro atoms. The standard InChI is InChI=1S/C13H21NS/c1-4-10(2)9-15-13-6-5-12(8-14)7-11(13)3/h5-7,10H,4,8-9,14H2,1-3H3. The highest BCUT2D eigenvalue weighted by Gasteiger charge is 2.03. The first kappa shape index (κ1) is 12.6. The normalized spacial score (nSPS) is 12.8. The predicted octanol–water partition coefficient (Wildman–Crippen LogP) is 3.59. The van der Waals surface area contributed by atoms with Crippen LogP contribution in [-0.2, 0) is 6.54 Å². The molecule has 0 saturated heterocycles. The van der Waals surface area contributed by atoms with Crippen LogP contribution >= 0.6 is 11.8 Å². The van der Waals surface area contributed by atoms with Gasteiger partial charge in [-0.25, -0.2) is 0 Å². The quantitative estimate of drug-likeness (QED) is 0.772. The van der Waals surface area contributed by atoms with Crippen molar-refractivity contribution in [3.63, 3.8) is 0 Å². The van der Waals surface area contributed by atoms with Crippen molar-refractivity contribution in [1.29, 1.82) is 0 Å². The van der Waals surface area contributed by atoms with Crippen LogP contribution in [0.15, 0.2) is 23.1 Å². The van der Waals surface area contributed by atoms with Gasteiger partial charge in [-0.05, 0) is 30.0 Å². The van der Waals surface area contributed by atoms with Crippen molar-refractivity contribution >= 4 is 11.8 Å². The molecule has 1 aromatic carbocycles. The second-order valence-electron chi connectivity index (χ2n) is 4.13. The Morgan fingerprint density at radius 3 is 2.67 bits per heavy atom. The molecule has 0 aromatic heterocycles. The van der Waals surface area contributed by atoms with Gasteiger partial charge in [0.25, 0.3) is 0 Å². The highest BCUT2D eigenvalue weighted by molar-refractivity contribution is 7.99. The lowest BCUT2D eigenvalue weighted by molar-refractivity contribution is 0.637. The Kier molecular flexibility index (Phi) is 5.20. The summed E-state index contributed by atoms with van der Waals surface area (Å²) in [7, 11) is 0. The van der Waals surface area contributed by atoms with Gasteiger partial charge in [-0.15, -0.1) is 11.8 Å². The van der Waals surface area contributed by atoms with Gasteiger partial charge in [0, 0.05) is 17.2 Å². The molecule has 0 amide bonds. The SMILES string of the molecule is CCC(C)CSc1ccc(CN)cc1C. The van der Waals surface area contributed by atoms with Crippen LogP contribution in [0.25, 0.3) is 0 Å². The van der Waals surface area contributed by atoms with Crippen molar-refractivity contribution in [2.24, 2.45) is 11.7 Å². The Hall–Kier alpha value is -0.470. The molecular formula is C13H21NS. The molecule has 2 heteroatoms. The fraction of sp³-hybridized carbons (Fsp3) is 0.538. The summed E-state index contributed by atoms with van der Waals surface area (Å²) in [6.07, 6.45) is 1.26. The van der Waals surface area contributed by atoms with Gasteiger partial charge < -0.3 is 5.73 Å². The van der Waals surface area contributed by atoms with Crippen LogP contribution in [0.1, 0.15) is 31.4 Å². The minimum Gasteiger partial charge on any atom is -0.326 e. The summed E-state index contributed by atoms with van der Waals surface area (Å²) >= 11 is 1.96. The molecule has 0 aliphatic carbocycles. The maximum absolute atomic E-state index is 5.61. The maximum atomic E-state index is 5.61. The zero-order valence-corrected chi connectivity index (χ0v) is 10.7. The number of benzene rings is 1. The number of thioether (sulfide) groups is 1. The molecule has 1 aromatic rings. The van der Waals surface area contributed by atoms with E-state index in [-0.39, 0.29) is 0 Å². The third-order valence-electron chi connectivity index (χ3n) is 2.70. The van der Waals surface area contributed by atoms with E-state index in [0.717, 1.165) is 5.92 Å². The fourth-order valence-corrected chi connectivity index (χ4v) is 2.50. The molecular weight excluding hydrogens is 202 g/mol. The minimum absolute atomic E-state index is 0.636. The molecule has 1 atom stereocenters. The number of nitrogens with two attached hydrogens (primary N) is 1. The molecule has 2 N–H and O–H groups in total. The summed E-state index contributed by atoms with van der Waals surface area (Å²) in [4.78, 5) is 1.40. The summed E-state index contributed by atoms with van der Waals surface area (Å²) in [6, 6.07) is 6.52. The third kappa shape index (κ3) is 3.88. The molecule has 0 aliphatic heterocycles. The summed E-state index contributed by atoms with van der Waals surface area (Å²) in [5.74, 6) is 2.00. The molecule has 1 rings (SSSR count). The lowest BCUT2D eigenvalue weighted by Gasteiger charge is -2.10. The molecule has 84 valence electrons. The molecule has 15 heavy (non-hydrogen) atoms. The van der Waals surface area contributed by atoms with E-state index in [1.54, 1.807) is 0 Å². The van der Waals surface area contributed by atoms with Gasteiger partial charge in [-0.1, -0.05) is 32.4 Å². The summed E-state index contributed by atoms with van der Waals surface area (Å²) in [6.45, 7) is 7.35. The number of hydrogen-bond acceptors (Lipinski definition) is 2. The van der Waals surface area contributed by atoms with Crippen LogP contribution in [0.4, 0.5) is 0 Å². The van der Waals surface area contributed by atoms with Crippen molar-refractivity contribution in [3.8, 4) is 0 Å². The largest absolute Gasteiger partial charge is 0.326 e. The Labute approximate surface area is 97.4 Å². The molecule has 0 fully saturated rings. The van der Waals surface area contributed by atoms with Crippen molar-refractivity contribution in [2.75, 3.05) is 5.75 Å². The van der Waals surface area contributed by atoms with Crippen LogP contribution < -0.4 is 5.73 Å². The van der Waals surface area contributed by atoms with E-state index in [4.69, 9.17) is 5.73 Å². The monoisotopic (exact) mass is 223 g/mol. The van der Waals surface area contributed by atoms with Crippen molar-refractivity contribution in [2.45, 2.75) is 38.6 Å². The Morgan fingerprint density at radius 2 is 2.13 bits per heavy atom. The van der Waals surface area contributed by atoms with Crippen LogP contribution in [0.2, 0.25) is 0 Å². The zero-order valence-electron chi connectivity index (χ0n) is 9.92. The Bertz CT molecular complexity index is 309. The fourth-order valence-electron chi connectivity index (χ4n) is 1.35. The van der Waals surface area contributed by atoms with Crippen LogP contribution in [0.3, 0.4) is 0 Å². The lowest BCUT2D eigenvalue weighted by Crippen LogP contribution is -1.98. The van der Waals surface area contributed by atoms with Crippen LogP contribution in [0, 0.1) is 12.8 Å². The first-order valence-electron chi connectivity index (χ1n) is 5.59. The van der Waals surface area contributed by atoms with E-state index in [0.29, 0.717) is 6.54 Å². The Morgan fingerprint density at radius 1 is 1.40 bits per heavy atom. The number of hydrogen-bond donors (Lipinski definition) is 1. The van der Waals surface area contributed by atoms with E-state index in [1.165, 1.54) is 28.2 Å². The van der Waals surface area contributed by atoms with Gasteiger partial charge in [0.2, 0.25) is 0 Å². The molecule has 1 nitrogen and oxygen atoms in total. The molecule has 0 heterocycles. The van der Waals surface area contributed by atoms with Gasteiger partial charge in [0.15, 0.2) is 0 Å². The average Bonchev–Trinajstić information content (AvgIpc) is 2.26. The van der Waals surface area contributed by atoms with Crippen molar-refractivity contribution < 1.29 is 0 Å². The second kappa shape index (κ2) is 6.19. The van der Waals surface area contributed by atoms with Gasteiger partial charge >= 0.3 is 0 Å². The van der Waals surface area contributed by atoms with Crippen LogP contribution in [-0.4, -0.2) is 5.75 Å². The van der Waals surface area contributed by atoms with Crippen LogP contribution in [0.5, 0.6) is 0 Å². The predicted molar refractivity (Wildman–Crippen MR) is 69.2 cm³/mol. The van der Waals surface area contributed by atoms with Gasteiger partial charge in [-0.2, -0.15) is 0 Å². The molecule has 1 unspecified atom stereocenters. The highest BCUT2D eigenvalue weighted by Crippen LogP contribution is 2.25. The number of rotatable bonds is 5. The summed E-state index contributed by atoms with van der Waals surface area (Å²) in [5.41, 5.74) is 8.18. The maximum Gasteiger partial charge on any atom is 0.0178 e. The Balaban J connectivity index is 2.62. The van der Waals surface area contributed by atoms with Gasteiger partial charge in [-0.3, -0.25) is 0 Å². The summed E-state index contributed by atoms with van der Waals surface area (Å²) < 4.78 is 0. The van der Waals surface area contributed by atoms with Gasteiger partial charge in [0.05, 0.1) is 0 Å². The average molecular weight is 223 g/mol. The topological polar surface area (TPSA) is 26.0 Å². The van der Waals surface area contributed by atoms with Crippen molar-refractivity contribution in [1.82, 2.24) is 0 Å². The minimum atomic E-state index is 0.636. The van der Waals surface area contributed by atoms with E-state index in [9.17, 15) is 0 Å². The zero-order chi connectivity index (χ0) is 11.3. The summed E-state index contributed by atoms with van der Waals surface area (Å²) in [5, 5.41) is 0. The first-order valence-corrected chi connectivity index (χ1v) is 6.58. The van der Waals surface area contributed by atoms with Gasteiger partial charge in [0.1, 0.15) is 0 Å². The van der Waals surface area contributed by atoms with E-state index >= 15 is 0 Å². The highest BCUT2D eigenvalue weighted by atomic mass is 32.2. The lowest BCUT2D eigenvalue weighted by atomic mass is 10.1. The van der Waals surface area contributed by atoms with E-state index < -0.39 is 0 Å². The molecule has 0 bridgehead atoms. The van der Waals surface area contributed by atoms with Crippen molar-refractivity contribution in [3.05, 3.63) is 29.3 Å².